The van der Waals surface area contributed by atoms with Crippen LogP contribution in [0.2, 0.25) is 0 Å². The van der Waals surface area contributed by atoms with E-state index in [1.165, 1.54) is 17.4 Å². The molecule has 2 aliphatic heterocycles. The molecule has 186 valence electrons. The molecule has 3 atom stereocenters. The lowest BCUT2D eigenvalue weighted by Gasteiger charge is -2.45. The Balaban J connectivity index is 1.65. The molecule has 3 heterocycles. The fourth-order valence-corrected chi connectivity index (χ4v) is 4.58. The number of morpholine rings is 1. The van der Waals surface area contributed by atoms with Gasteiger partial charge in [-0.15, -0.1) is 0 Å². The molecule has 3 amide bonds. The van der Waals surface area contributed by atoms with Crippen LogP contribution in [0.25, 0.3) is 0 Å². The Morgan fingerprint density at radius 1 is 1.29 bits per heavy atom. The van der Waals surface area contributed by atoms with Gasteiger partial charge >= 0.3 is 13.2 Å². The molecule has 1 aromatic carbocycles. The van der Waals surface area contributed by atoms with Crippen molar-refractivity contribution in [1.29, 1.82) is 0 Å². The number of benzene rings is 1. The first-order valence-electron chi connectivity index (χ1n) is 11.6. The monoisotopic (exact) mass is 488 g/mol. The number of aromatic nitrogens is 1. The summed E-state index contributed by atoms with van der Waals surface area (Å²) in [4.78, 5) is 45.1. The van der Waals surface area contributed by atoms with E-state index in [9.17, 15) is 14.4 Å². The maximum Gasteiger partial charge on any atom is 0.502 e. The molecule has 2 fully saturated rings. The van der Waals surface area contributed by atoms with E-state index >= 15 is 8.71 Å². The predicted molar refractivity (Wildman–Crippen MR) is 122 cm³/mol. The van der Waals surface area contributed by atoms with Crippen LogP contribution in [0, 0.1) is 0 Å². The van der Waals surface area contributed by atoms with Crippen LogP contribution in [0.4, 0.5) is 13.5 Å². The number of hydrogen-bond donors (Lipinski definition) is 1. The molecule has 9 nitrogen and oxygen atoms in total. The van der Waals surface area contributed by atoms with E-state index in [4.69, 9.17) is 9.15 Å². The van der Waals surface area contributed by atoms with Crippen LogP contribution in [-0.2, 0) is 16.0 Å². The minimum atomic E-state index is -2.55. The van der Waals surface area contributed by atoms with Crippen LogP contribution in [0.1, 0.15) is 36.0 Å². The number of carbonyl (C=O) groups is 3. The Bertz CT molecular complexity index is 1040. The third-order valence-corrected chi connectivity index (χ3v) is 6.37. The first kappa shape index (κ1) is 24.8. The topological polar surface area (TPSA) is 105 Å². The summed E-state index contributed by atoms with van der Waals surface area (Å²) in [6.45, 7) is 2.89. The Morgan fingerprint density at radius 2 is 2.00 bits per heavy atom. The van der Waals surface area contributed by atoms with Crippen LogP contribution in [-0.4, -0.2) is 83.5 Å². The lowest BCUT2D eigenvalue weighted by molar-refractivity contribution is -0.133. The Kier molecular flexibility index (Phi) is 7.49. The quantitative estimate of drug-likeness (QED) is 0.474. The van der Waals surface area contributed by atoms with E-state index in [2.05, 4.69) is 10.3 Å². The van der Waals surface area contributed by atoms with Gasteiger partial charge in [0.1, 0.15) is 12.3 Å². The standard InChI is InChI=1S/C23H27BF2N4O5/c1-2-18(19(31)20-27-8-11-35-20)30-21(32)17(28-22(33)29-9-12-34-13-10-29)15-23(25,24(30)26)14-16-6-4-3-5-7-16/h3-8,11,17-18H,2,9-10,12-15H2,1H3,(H,28,33)/t17?,18-,23?/m0/s1. The number of nitrogens with zero attached hydrogens (tertiary/aromatic N) is 3. The Hall–Kier alpha value is -3.28. The SMILES string of the molecule is CC[C@@H](C(=O)c1ncco1)N1B(F)C(F)(Cc2ccccc2)CC(NC(=O)N2CCOCC2)C1=O. The maximum absolute atomic E-state index is 16.4. The van der Waals surface area contributed by atoms with Gasteiger partial charge in [-0.05, 0) is 12.0 Å². The molecule has 0 bridgehead atoms. The summed E-state index contributed by atoms with van der Waals surface area (Å²) in [5, 5.41) is 2.57. The van der Waals surface area contributed by atoms with Gasteiger partial charge in [-0.1, -0.05) is 37.3 Å². The van der Waals surface area contributed by atoms with Gasteiger partial charge in [0.15, 0.2) is 5.57 Å². The number of halogens is 2. The number of ketones is 1. The van der Waals surface area contributed by atoms with Crippen molar-refractivity contribution in [2.45, 2.75) is 43.8 Å². The van der Waals surface area contributed by atoms with Crippen molar-refractivity contribution < 1.29 is 32.2 Å². The van der Waals surface area contributed by atoms with Crippen molar-refractivity contribution in [1.82, 2.24) is 20.0 Å². The number of oxazole rings is 1. The molecule has 0 spiro atoms. The third kappa shape index (κ3) is 5.21. The average Bonchev–Trinajstić information content (AvgIpc) is 3.41. The Labute approximate surface area is 201 Å². The summed E-state index contributed by atoms with van der Waals surface area (Å²) in [6, 6.07) is 5.19. The summed E-state index contributed by atoms with van der Waals surface area (Å²) >= 11 is 0. The van der Waals surface area contributed by atoms with Gasteiger partial charge in [-0.2, -0.15) is 0 Å². The summed E-state index contributed by atoms with van der Waals surface area (Å²) < 4.78 is 42.6. The number of Topliss-reactive ketones (excluding diaryl/α,β-unsaturated/α-hetero) is 1. The van der Waals surface area contributed by atoms with Crippen LogP contribution < -0.4 is 5.32 Å². The molecule has 0 radical (unpaired) electrons. The van der Waals surface area contributed by atoms with E-state index in [0.29, 0.717) is 36.7 Å². The molecule has 0 aliphatic carbocycles. The number of rotatable bonds is 7. The largest absolute Gasteiger partial charge is 0.502 e. The first-order chi connectivity index (χ1) is 16.8. The van der Waals surface area contributed by atoms with Crippen LogP contribution in [0.5, 0.6) is 0 Å². The molecule has 2 aliphatic rings. The molecule has 0 saturated carbocycles. The molecule has 4 rings (SSSR count). The number of urea groups is 1. The van der Waals surface area contributed by atoms with Crippen molar-refractivity contribution >= 4 is 24.8 Å². The second kappa shape index (κ2) is 10.6. The molecular weight excluding hydrogens is 461 g/mol. The molecule has 2 saturated heterocycles. The number of hydrogen-bond acceptors (Lipinski definition) is 6. The molecule has 35 heavy (non-hydrogen) atoms. The van der Waals surface area contributed by atoms with Crippen molar-refractivity contribution in [3.8, 4) is 0 Å². The summed E-state index contributed by atoms with van der Waals surface area (Å²) in [5.74, 6) is -1.91. The third-order valence-electron chi connectivity index (χ3n) is 6.37. The average molecular weight is 488 g/mol. The highest BCUT2D eigenvalue weighted by molar-refractivity contribution is 6.56. The molecule has 2 unspecified atom stereocenters. The van der Waals surface area contributed by atoms with Gasteiger partial charge in [0, 0.05) is 25.9 Å². The highest BCUT2D eigenvalue weighted by Gasteiger charge is 2.60. The highest BCUT2D eigenvalue weighted by atomic mass is 19.2. The Morgan fingerprint density at radius 3 is 2.63 bits per heavy atom. The smallest absolute Gasteiger partial charge is 0.442 e. The van der Waals surface area contributed by atoms with Crippen molar-refractivity contribution in [2.24, 2.45) is 0 Å². The summed E-state index contributed by atoms with van der Waals surface area (Å²) in [6.07, 6.45) is 1.53. The van der Waals surface area contributed by atoms with Gasteiger partial charge in [-0.3, -0.25) is 13.9 Å². The normalized spacial score (nSPS) is 23.8. The maximum atomic E-state index is 16.4. The number of amides is 3. The molecule has 2 aromatic rings. The van der Waals surface area contributed by atoms with Crippen LogP contribution in [0.3, 0.4) is 0 Å². The van der Waals surface area contributed by atoms with Crippen molar-refractivity contribution in [3.63, 3.8) is 0 Å². The van der Waals surface area contributed by atoms with E-state index in [1.54, 1.807) is 37.3 Å². The van der Waals surface area contributed by atoms with Crippen LogP contribution >= 0.6 is 0 Å². The van der Waals surface area contributed by atoms with E-state index in [-0.39, 0.29) is 18.7 Å². The van der Waals surface area contributed by atoms with Crippen LogP contribution in [0.15, 0.2) is 47.2 Å². The minimum Gasteiger partial charge on any atom is -0.442 e. The zero-order valence-electron chi connectivity index (χ0n) is 19.4. The van der Waals surface area contributed by atoms with E-state index < -0.39 is 48.9 Å². The summed E-state index contributed by atoms with van der Waals surface area (Å²) in [7, 11) is -2.42. The lowest BCUT2D eigenvalue weighted by atomic mass is 9.56. The number of alkyl halides is 1. The zero-order valence-corrected chi connectivity index (χ0v) is 19.4. The minimum absolute atomic E-state index is 0.00107. The predicted octanol–water partition coefficient (Wildman–Crippen LogP) is 2.23. The lowest BCUT2D eigenvalue weighted by Crippen LogP contribution is -2.70. The molecule has 1 aromatic heterocycles. The van der Waals surface area contributed by atoms with Gasteiger partial charge in [0.05, 0.1) is 25.5 Å². The second-order valence-electron chi connectivity index (χ2n) is 8.71. The van der Waals surface area contributed by atoms with Gasteiger partial charge in [-0.25, -0.2) is 14.2 Å². The fourth-order valence-electron chi connectivity index (χ4n) is 4.58. The molecule has 12 heteroatoms. The molecule has 1 N–H and O–H groups in total. The van der Waals surface area contributed by atoms with Gasteiger partial charge in [0.2, 0.25) is 11.7 Å². The number of carbonyl (C=O) groups excluding carboxylic acids is 3. The van der Waals surface area contributed by atoms with E-state index in [1.807, 2.05) is 0 Å². The van der Waals surface area contributed by atoms with Gasteiger partial charge < -0.3 is 24.2 Å². The van der Waals surface area contributed by atoms with Crippen molar-refractivity contribution in [2.75, 3.05) is 26.3 Å². The molecular formula is C23H27BF2N4O5. The number of ether oxygens (including phenoxy) is 1. The van der Waals surface area contributed by atoms with Crippen molar-refractivity contribution in [3.05, 3.63) is 54.2 Å². The highest BCUT2D eigenvalue weighted by Crippen LogP contribution is 2.36. The summed E-state index contributed by atoms with van der Waals surface area (Å²) in [5.41, 5.74) is -2.03. The number of nitrogens with one attached hydrogen (secondary N) is 1. The van der Waals surface area contributed by atoms with E-state index in [0.717, 1.165) is 0 Å². The fraction of sp³-hybridized carbons (Fsp3) is 0.478. The van der Waals surface area contributed by atoms with Gasteiger partial charge in [0.25, 0.3) is 5.89 Å². The zero-order chi connectivity index (χ0) is 25.0. The first-order valence-corrected chi connectivity index (χ1v) is 11.6. The second-order valence-corrected chi connectivity index (χ2v) is 8.71.